The van der Waals surface area contributed by atoms with Crippen LogP contribution in [0.25, 0.3) is 0 Å². The Balaban J connectivity index is 1.19. The Morgan fingerprint density at radius 1 is 0.404 bits per heavy atom. The maximum Gasteiger partial charge on any atom is 0.228 e. The molecule has 3 aliphatic carbocycles. The number of amides is 3. The van der Waals surface area contributed by atoms with Crippen molar-refractivity contribution in [3.05, 3.63) is 196 Å². The monoisotopic (exact) mass is 685 g/mol. The molecule has 0 heterocycles. The predicted octanol–water partition coefficient (Wildman–Crippen LogP) is 10.2. The van der Waals surface area contributed by atoms with Gasteiger partial charge in [0.15, 0.2) is 0 Å². The number of nitrogens with one attached hydrogen (secondary N) is 3. The van der Waals surface area contributed by atoms with Crippen molar-refractivity contribution in [2.75, 3.05) is 16.0 Å². The van der Waals surface area contributed by atoms with Gasteiger partial charge >= 0.3 is 0 Å². The number of rotatable bonds is 12. The van der Waals surface area contributed by atoms with Gasteiger partial charge in [-0.3, -0.25) is 14.4 Å². The number of hydrogen-bond acceptors (Lipinski definition) is 3. The van der Waals surface area contributed by atoms with Crippen molar-refractivity contribution in [2.24, 2.45) is 0 Å². The first kappa shape index (κ1) is 35.6. The summed E-state index contributed by atoms with van der Waals surface area (Å²) in [7, 11) is 0. The van der Waals surface area contributed by atoms with E-state index >= 15 is 0 Å². The molecule has 0 unspecified atom stereocenters. The van der Waals surface area contributed by atoms with Gasteiger partial charge in [0.2, 0.25) is 17.7 Å². The second-order valence-corrected chi connectivity index (χ2v) is 13.3. The van der Waals surface area contributed by atoms with E-state index in [9.17, 15) is 14.4 Å². The summed E-state index contributed by atoms with van der Waals surface area (Å²) in [5, 5.41) is 9.10. The van der Waals surface area contributed by atoms with Crippen LogP contribution in [0.2, 0.25) is 0 Å². The lowest BCUT2D eigenvalue weighted by Gasteiger charge is -2.20. The molecular weight excluding hydrogens is 643 g/mol. The minimum absolute atomic E-state index is 0.0663. The van der Waals surface area contributed by atoms with Crippen molar-refractivity contribution in [3.63, 3.8) is 0 Å². The van der Waals surface area contributed by atoms with Crippen LogP contribution in [0.4, 0.5) is 17.1 Å². The number of allylic oxidation sites excluding steroid dienone is 15. The summed E-state index contributed by atoms with van der Waals surface area (Å²) in [6.45, 7) is 5.93. The minimum atomic E-state index is -0.145. The molecule has 3 aromatic carbocycles. The molecule has 0 saturated carbocycles. The van der Waals surface area contributed by atoms with E-state index in [0.717, 1.165) is 67.2 Å². The second kappa shape index (κ2) is 16.6. The molecule has 3 aliphatic rings. The molecule has 3 aromatic rings. The molecule has 6 nitrogen and oxygen atoms in total. The topological polar surface area (TPSA) is 87.3 Å². The molecule has 0 spiro atoms. The van der Waals surface area contributed by atoms with Gasteiger partial charge < -0.3 is 16.0 Å². The van der Waals surface area contributed by atoms with E-state index < -0.39 is 0 Å². The van der Waals surface area contributed by atoms with Crippen LogP contribution in [0, 0.1) is 0 Å². The Morgan fingerprint density at radius 2 is 0.635 bits per heavy atom. The van der Waals surface area contributed by atoms with Gasteiger partial charge in [-0.2, -0.15) is 0 Å². The summed E-state index contributed by atoms with van der Waals surface area (Å²) >= 11 is 0. The third-order valence-electron chi connectivity index (χ3n) is 9.33. The van der Waals surface area contributed by atoms with Crippen LogP contribution in [0.3, 0.4) is 0 Å². The standard InChI is InChI=1S/C46H43N3O3/c1-31(34-10-4-5-11-34)28-43(50)47-40-22-16-37(17-23-40)46(38-18-24-41(25-19-38)48-44(51)29-32(2)35-12-6-7-13-35)39-20-26-42(27-21-39)49-45(52)30-33(3)36-14-8-9-15-36/h4-27,46H,28-30H2,1-3H3,(H,47,50)(H,48,51)(H,49,52). The highest BCUT2D eigenvalue weighted by Gasteiger charge is 2.19. The lowest BCUT2D eigenvalue weighted by atomic mass is 9.85. The zero-order valence-corrected chi connectivity index (χ0v) is 29.8. The molecule has 3 N–H and O–H groups in total. The van der Waals surface area contributed by atoms with Crippen molar-refractivity contribution >= 4 is 34.8 Å². The molecule has 6 rings (SSSR count). The summed E-state index contributed by atoms with van der Waals surface area (Å²) in [5.41, 5.74) is 11.5. The Morgan fingerprint density at radius 3 is 0.865 bits per heavy atom. The molecule has 0 bridgehead atoms. The maximum absolute atomic E-state index is 12.8. The number of carbonyl (C=O) groups excluding carboxylic acids is 3. The summed E-state index contributed by atoms with van der Waals surface area (Å²) < 4.78 is 0. The van der Waals surface area contributed by atoms with E-state index in [1.807, 2.05) is 166 Å². The fourth-order valence-corrected chi connectivity index (χ4v) is 6.47. The number of carbonyl (C=O) groups is 3. The van der Waals surface area contributed by atoms with Gasteiger partial charge in [-0.25, -0.2) is 0 Å². The molecule has 0 aromatic heterocycles. The number of hydrogen-bond donors (Lipinski definition) is 3. The number of anilines is 3. The zero-order valence-electron chi connectivity index (χ0n) is 29.8. The van der Waals surface area contributed by atoms with Crippen molar-refractivity contribution in [3.8, 4) is 0 Å². The maximum atomic E-state index is 12.8. The van der Waals surface area contributed by atoms with E-state index in [2.05, 4.69) is 16.0 Å². The fraction of sp³-hybridized carbons (Fsp3) is 0.152. The van der Waals surface area contributed by atoms with Crippen LogP contribution in [0.15, 0.2) is 179 Å². The molecule has 3 amide bonds. The average molecular weight is 686 g/mol. The molecule has 0 radical (unpaired) electrons. The highest BCUT2D eigenvalue weighted by atomic mass is 16.2. The quantitative estimate of drug-likeness (QED) is 0.166. The van der Waals surface area contributed by atoms with Crippen LogP contribution >= 0.6 is 0 Å². The summed E-state index contributed by atoms with van der Waals surface area (Å²) in [5.74, 6) is -0.344. The average Bonchev–Trinajstić information content (AvgIpc) is 3.95. The van der Waals surface area contributed by atoms with Crippen molar-refractivity contribution < 1.29 is 14.4 Å². The van der Waals surface area contributed by atoms with E-state index in [1.165, 1.54) is 0 Å². The van der Waals surface area contributed by atoms with E-state index in [1.54, 1.807) is 0 Å². The van der Waals surface area contributed by atoms with E-state index in [0.29, 0.717) is 19.3 Å². The number of benzene rings is 3. The molecule has 0 atom stereocenters. The first-order valence-corrected chi connectivity index (χ1v) is 17.5. The van der Waals surface area contributed by atoms with Crippen LogP contribution in [-0.2, 0) is 14.4 Å². The second-order valence-electron chi connectivity index (χ2n) is 13.3. The van der Waals surface area contributed by atoms with Crippen LogP contribution in [0.5, 0.6) is 0 Å². The Labute approximate surface area is 306 Å². The van der Waals surface area contributed by atoms with E-state index in [4.69, 9.17) is 0 Å². The van der Waals surface area contributed by atoms with Crippen LogP contribution in [-0.4, -0.2) is 17.7 Å². The SMILES string of the molecule is CC(CC(=O)Nc1ccc(C(c2ccc(NC(=O)CC(C)=C3C=CC=C3)cc2)c2ccc(NC(=O)CC(C)=C3C=CC=C3)cc2)cc1)=C1C=CC=C1. The van der Waals surface area contributed by atoms with E-state index in [-0.39, 0.29) is 23.6 Å². The first-order chi connectivity index (χ1) is 25.2. The lowest BCUT2D eigenvalue weighted by molar-refractivity contribution is -0.116. The van der Waals surface area contributed by atoms with Gasteiger partial charge in [-0.1, -0.05) is 126 Å². The van der Waals surface area contributed by atoms with Gasteiger partial charge in [-0.05, 0) is 90.6 Å². The highest BCUT2D eigenvalue weighted by Crippen LogP contribution is 2.34. The van der Waals surface area contributed by atoms with Gasteiger partial charge in [0.1, 0.15) is 0 Å². The largest absolute Gasteiger partial charge is 0.326 e. The van der Waals surface area contributed by atoms with Crippen molar-refractivity contribution in [1.82, 2.24) is 0 Å². The highest BCUT2D eigenvalue weighted by molar-refractivity contribution is 5.94. The normalized spacial score (nSPS) is 13.7. The third kappa shape index (κ3) is 9.29. The van der Waals surface area contributed by atoms with Gasteiger partial charge in [0.05, 0.1) is 0 Å². The lowest BCUT2D eigenvalue weighted by Crippen LogP contribution is -2.13. The predicted molar refractivity (Wildman–Crippen MR) is 213 cm³/mol. The smallest absolute Gasteiger partial charge is 0.228 e. The molecule has 6 heteroatoms. The third-order valence-corrected chi connectivity index (χ3v) is 9.33. The van der Waals surface area contributed by atoms with Gasteiger partial charge in [-0.15, -0.1) is 0 Å². The summed E-state index contributed by atoms with van der Waals surface area (Å²) in [6.07, 6.45) is 24.8. The van der Waals surface area contributed by atoms with Gasteiger partial charge in [0.25, 0.3) is 0 Å². The molecular formula is C46H43N3O3. The molecule has 0 aliphatic heterocycles. The van der Waals surface area contributed by atoms with Crippen molar-refractivity contribution in [2.45, 2.75) is 46.0 Å². The summed E-state index contributed by atoms with van der Waals surface area (Å²) in [6, 6.07) is 23.8. The fourth-order valence-electron chi connectivity index (χ4n) is 6.47. The van der Waals surface area contributed by atoms with Crippen LogP contribution in [0.1, 0.15) is 62.6 Å². The molecule has 0 fully saturated rings. The Hall–Kier alpha value is -6.27. The van der Waals surface area contributed by atoms with Gasteiger partial charge in [0, 0.05) is 42.2 Å². The minimum Gasteiger partial charge on any atom is -0.326 e. The molecule has 0 saturated heterocycles. The molecule has 260 valence electrons. The van der Waals surface area contributed by atoms with Crippen molar-refractivity contribution in [1.29, 1.82) is 0 Å². The summed E-state index contributed by atoms with van der Waals surface area (Å²) in [4.78, 5) is 38.5. The first-order valence-electron chi connectivity index (χ1n) is 17.5. The molecule has 52 heavy (non-hydrogen) atoms. The Kier molecular flexibility index (Phi) is 11.4. The zero-order chi connectivity index (χ0) is 36.5. The van der Waals surface area contributed by atoms with Crippen LogP contribution < -0.4 is 16.0 Å². The Bertz CT molecular complexity index is 1840.